The van der Waals surface area contributed by atoms with Gasteiger partial charge in [-0.3, -0.25) is 9.78 Å². The normalized spacial score (nSPS) is 17.2. The molecule has 1 aliphatic heterocycles. The molecule has 36 heavy (non-hydrogen) atoms. The Labute approximate surface area is 217 Å². The molecule has 7 heteroatoms. The van der Waals surface area contributed by atoms with Crippen LogP contribution in [0.5, 0.6) is 0 Å². The number of pyridine rings is 1. The molecular formula is C29H29N5OS. The summed E-state index contributed by atoms with van der Waals surface area (Å²) < 4.78 is 2.19. The highest BCUT2D eigenvalue weighted by Crippen LogP contribution is 2.39. The van der Waals surface area contributed by atoms with Crippen LogP contribution >= 0.6 is 12.2 Å². The predicted octanol–water partition coefficient (Wildman–Crippen LogP) is 5.49. The first-order valence-corrected chi connectivity index (χ1v) is 12.5. The first-order valence-electron chi connectivity index (χ1n) is 12.1. The summed E-state index contributed by atoms with van der Waals surface area (Å²) >= 11 is 5.79. The summed E-state index contributed by atoms with van der Waals surface area (Å²) in [6.07, 6.45) is 4.18. The van der Waals surface area contributed by atoms with E-state index in [-0.39, 0.29) is 18.0 Å². The van der Waals surface area contributed by atoms with Gasteiger partial charge in [0.25, 0.3) is 0 Å². The summed E-state index contributed by atoms with van der Waals surface area (Å²) in [7, 11) is 0. The maximum Gasteiger partial charge on any atom is 0.226 e. The Hall–Kier alpha value is -3.97. The molecule has 2 atom stereocenters. The number of carbonyl (C=O) groups is 1. The summed E-state index contributed by atoms with van der Waals surface area (Å²) in [6.45, 7) is 4.58. The molecule has 0 unspecified atom stereocenters. The van der Waals surface area contributed by atoms with Crippen molar-refractivity contribution < 1.29 is 4.79 Å². The van der Waals surface area contributed by atoms with E-state index < -0.39 is 0 Å². The first-order chi connectivity index (χ1) is 17.5. The van der Waals surface area contributed by atoms with Gasteiger partial charge in [-0.05, 0) is 80.2 Å². The highest BCUT2D eigenvalue weighted by Gasteiger charge is 2.41. The molecule has 1 fully saturated rings. The van der Waals surface area contributed by atoms with Gasteiger partial charge in [0.05, 0.1) is 17.8 Å². The lowest BCUT2D eigenvalue weighted by Gasteiger charge is -2.29. The van der Waals surface area contributed by atoms with Crippen molar-refractivity contribution in [2.75, 3.05) is 11.9 Å². The molecule has 5 rings (SSSR count). The van der Waals surface area contributed by atoms with Crippen molar-refractivity contribution in [3.05, 3.63) is 114 Å². The molecule has 1 saturated heterocycles. The number of hydrogen-bond donors (Lipinski definition) is 2. The fourth-order valence-corrected chi connectivity index (χ4v) is 5.04. The lowest BCUT2D eigenvalue weighted by atomic mass is 10.0. The van der Waals surface area contributed by atoms with Gasteiger partial charge >= 0.3 is 0 Å². The summed E-state index contributed by atoms with van der Waals surface area (Å²) in [5.74, 6) is -0.0441. The molecule has 2 N–H and O–H groups in total. The summed E-state index contributed by atoms with van der Waals surface area (Å²) in [5, 5.41) is 7.11. The average Bonchev–Trinajstić information content (AvgIpc) is 3.48. The maximum absolute atomic E-state index is 12.8. The minimum absolute atomic E-state index is 0.0441. The molecule has 1 aliphatic rings. The Bertz CT molecular complexity index is 1370. The van der Waals surface area contributed by atoms with Gasteiger partial charge in [-0.15, -0.1) is 0 Å². The summed E-state index contributed by atoms with van der Waals surface area (Å²) in [6, 6.07) is 26.1. The Morgan fingerprint density at radius 3 is 2.58 bits per heavy atom. The van der Waals surface area contributed by atoms with Crippen LogP contribution in [0.3, 0.4) is 0 Å². The van der Waals surface area contributed by atoms with Gasteiger partial charge in [0.2, 0.25) is 5.91 Å². The van der Waals surface area contributed by atoms with Crippen molar-refractivity contribution >= 4 is 28.9 Å². The quantitative estimate of drug-likeness (QED) is 0.332. The lowest BCUT2D eigenvalue weighted by molar-refractivity contribution is -0.116. The van der Waals surface area contributed by atoms with Gasteiger partial charge in [-0.2, -0.15) is 0 Å². The number of thiocarbonyl (C=S) groups is 1. The van der Waals surface area contributed by atoms with E-state index >= 15 is 0 Å². The van der Waals surface area contributed by atoms with Gasteiger partial charge in [-0.1, -0.05) is 35.9 Å². The third-order valence-electron chi connectivity index (χ3n) is 6.47. The molecule has 2 aromatic carbocycles. The molecule has 0 spiro atoms. The number of anilines is 1. The van der Waals surface area contributed by atoms with E-state index in [1.54, 1.807) is 6.20 Å². The standard InChI is InChI=1S/C29H29N5OS/c1-20-11-13-23(14-12-20)33-17-6-10-25(33)28-27(24-9-3-4-16-30-24)32-29(36)34(28)18-15-26(35)31-22-8-5-7-21(2)19-22/h3-14,16-17,19,27-28H,15,18H2,1-2H3,(H,31,35)(H,32,36)/t27-,28-/m1/s1. The van der Waals surface area contributed by atoms with Gasteiger partial charge < -0.3 is 20.1 Å². The number of aryl methyl sites for hydroxylation is 2. The Morgan fingerprint density at radius 1 is 1.00 bits per heavy atom. The molecule has 1 amide bonds. The fourth-order valence-electron chi connectivity index (χ4n) is 4.71. The summed E-state index contributed by atoms with van der Waals surface area (Å²) in [5.41, 5.74) is 6.19. The zero-order valence-corrected chi connectivity index (χ0v) is 21.2. The molecule has 6 nitrogen and oxygen atoms in total. The molecule has 0 saturated carbocycles. The van der Waals surface area contributed by atoms with Gasteiger partial charge in [-0.25, -0.2) is 0 Å². The number of rotatable bonds is 7. The second-order valence-corrected chi connectivity index (χ2v) is 9.51. The maximum atomic E-state index is 12.8. The molecule has 182 valence electrons. The molecule has 0 bridgehead atoms. The van der Waals surface area contributed by atoms with Crippen LogP contribution in [0.1, 0.15) is 41.0 Å². The van der Waals surface area contributed by atoms with Crippen molar-refractivity contribution in [3.8, 4) is 5.69 Å². The van der Waals surface area contributed by atoms with Crippen LogP contribution < -0.4 is 10.6 Å². The van der Waals surface area contributed by atoms with E-state index in [1.165, 1.54) is 5.56 Å². The molecule has 0 aliphatic carbocycles. The lowest BCUT2D eigenvalue weighted by Crippen LogP contribution is -2.33. The zero-order chi connectivity index (χ0) is 25.1. The number of amides is 1. The van der Waals surface area contributed by atoms with Crippen LogP contribution in [0, 0.1) is 13.8 Å². The molecule has 0 radical (unpaired) electrons. The Balaban J connectivity index is 1.44. The van der Waals surface area contributed by atoms with Crippen LogP contribution in [0.25, 0.3) is 5.69 Å². The Morgan fingerprint density at radius 2 is 1.83 bits per heavy atom. The minimum atomic E-state index is -0.141. The smallest absolute Gasteiger partial charge is 0.226 e. The summed E-state index contributed by atoms with van der Waals surface area (Å²) in [4.78, 5) is 19.6. The van der Waals surface area contributed by atoms with E-state index in [2.05, 4.69) is 74.6 Å². The third kappa shape index (κ3) is 5.02. The van der Waals surface area contributed by atoms with Crippen molar-refractivity contribution in [2.24, 2.45) is 0 Å². The molecule has 3 heterocycles. The molecular weight excluding hydrogens is 466 g/mol. The van der Waals surface area contributed by atoms with Gasteiger partial charge in [0, 0.05) is 42.4 Å². The van der Waals surface area contributed by atoms with Crippen LogP contribution in [-0.4, -0.2) is 32.0 Å². The third-order valence-corrected chi connectivity index (χ3v) is 6.83. The number of hydrogen-bond acceptors (Lipinski definition) is 3. The van der Waals surface area contributed by atoms with E-state index in [9.17, 15) is 4.79 Å². The van der Waals surface area contributed by atoms with Crippen molar-refractivity contribution in [3.63, 3.8) is 0 Å². The number of benzene rings is 2. The van der Waals surface area contributed by atoms with Crippen LogP contribution in [0.15, 0.2) is 91.3 Å². The van der Waals surface area contributed by atoms with Crippen molar-refractivity contribution in [1.82, 2.24) is 19.8 Å². The topological polar surface area (TPSA) is 62.2 Å². The van der Waals surface area contributed by atoms with E-state index in [4.69, 9.17) is 12.2 Å². The van der Waals surface area contributed by atoms with Crippen molar-refractivity contribution in [2.45, 2.75) is 32.4 Å². The van der Waals surface area contributed by atoms with E-state index in [0.717, 1.165) is 28.3 Å². The van der Waals surface area contributed by atoms with Gasteiger partial charge in [0.15, 0.2) is 5.11 Å². The molecule has 4 aromatic rings. The van der Waals surface area contributed by atoms with E-state index in [1.807, 2.05) is 49.4 Å². The number of nitrogens with one attached hydrogen (secondary N) is 2. The van der Waals surface area contributed by atoms with Crippen LogP contribution in [0.4, 0.5) is 5.69 Å². The zero-order valence-electron chi connectivity index (χ0n) is 20.4. The SMILES string of the molecule is Cc1ccc(-n2cccc2[C@@H]2[C@@H](c3ccccn3)NC(=S)N2CCC(=O)Nc2cccc(C)c2)cc1. The second kappa shape index (κ2) is 10.3. The van der Waals surface area contributed by atoms with Crippen molar-refractivity contribution in [1.29, 1.82) is 0 Å². The largest absolute Gasteiger partial charge is 0.352 e. The monoisotopic (exact) mass is 495 g/mol. The molecule has 2 aromatic heterocycles. The van der Waals surface area contributed by atoms with Crippen LogP contribution in [-0.2, 0) is 4.79 Å². The average molecular weight is 496 g/mol. The number of nitrogens with zero attached hydrogens (tertiary/aromatic N) is 3. The number of carbonyl (C=O) groups excluding carboxylic acids is 1. The second-order valence-electron chi connectivity index (χ2n) is 9.13. The predicted molar refractivity (Wildman–Crippen MR) is 147 cm³/mol. The number of aromatic nitrogens is 2. The first kappa shape index (κ1) is 23.8. The van der Waals surface area contributed by atoms with E-state index in [0.29, 0.717) is 18.1 Å². The minimum Gasteiger partial charge on any atom is -0.352 e. The van der Waals surface area contributed by atoms with Gasteiger partial charge in [0.1, 0.15) is 0 Å². The highest BCUT2D eigenvalue weighted by atomic mass is 32.1. The Kier molecular flexibility index (Phi) is 6.82. The van der Waals surface area contributed by atoms with Crippen LogP contribution in [0.2, 0.25) is 0 Å². The fraction of sp³-hybridized carbons (Fsp3) is 0.207. The highest BCUT2D eigenvalue weighted by molar-refractivity contribution is 7.80.